The van der Waals surface area contributed by atoms with Crippen LogP contribution in [0.15, 0.2) is 6.07 Å². The zero-order chi connectivity index (χ0) is 13.0. The lowest BCUT2D eigenvalue weighted by molar-refractivity contribution is -0.107. The molecule has 0 bridgehead atoms. The number of ether oxygens (including phenoxy) is 1. The van der Waals surface area contributed by atoms with Crippen LogP contribution in [0.2, 0.25) is 5.02 Å². The van der Waals surface area contributed by atoms with E-state index in [0.717, 1.165) is 33.7 Å². The first-order chi connectivity index (χ1) is 8.02. The Bertz CT molecular complexity index is 411. The summed E-state index contributed by atoms with van der Waals surface area (Å²) < 4.78 is 5.50. The molecule has 0 N–H and O–H groups in total. The van der Waals surface area contributed by atoms with E-state index in [1.807, 2.05) is 13.0 Å². The van der Waals surface area contributed by atoms with E-state index in [-0.39, 0.29) is 0 Å². The molecule has 1 rings (SSSR count). The molecule has 0 saturated carbocycles. The van der Waals surface area contributed by atoms with Crippen LogP contribution in [0.25, 0.3) is 0 Å². The van der Waals surface area contributed by atoms with Crippen LogP contribution in [0, 0.1) is 6.92 Å². The van der Waals surface area contributed by atoms with E-state index in [9.17, 15) is 4.79 Å². The highest BCUT2D eigenvalue weighted by Gasteiger charge is 2.17. The summed E-state index contributed by atoms with van der Waals surface area (Å²) >= 11 is 6.23. The van der Waals surface area contributed by atoms with Crippen LogP contribution in [0.4, 0.5) is 0 Å². The Balaban J connectivity index is 3.36. The molecule has 0 saturated heterocycles. The van der Waals surface area contributed by atoms with Gasteiger partial charge in [-0.25, -0.2) is 0 Å². The van der Waals surface area contributed by atoms with Gasteiger partial charge < -0.3 is 9.53 Å². The van der Waals surface area contributed by atoms with Gasteiger partial charge in [0.15, 0.2) is 0 Å². The summed E-state index contributed by atoms with van der Waals surface area (Å²) in [5.41, 5.74) is 3.16. The maximum absolute atomic E-state index is 10.5. The van der Waals surface area contributed by atoms with E-state index in [1.54, 1.807) is 7.11 Å². The summed E-state index contributed by atoms with van der Waals surface area (Å²) in [5.74, 6) is 1.22. The molecular formula is C14H19ClO2. The van der Waals surface area contributed by atoms with Gasteiger partial charge in [0.1, 0.15) is 12.0 Å². The van der Waals surface area contributed by atoms with Crippen LogP contribution in [-0.4, -0.2) is 13.4 Å². The standard InChI is InChI=1S/C14H19ClO2/c1-9(2)12-8-13(15)10(3)11(6-5-7-16)14(12)17-4/h7-9H,5-6H2,1-4H3. The van der Waals surface area contributed by atoms with Crippen molar-refractivity contribution in [1.29, 1.82) is 0 Å². The van der Waals surface area contributed by atoms with Gasteiger partial charge in [-0.3, -0.25) is 0 Å². The highest BCUT2D eigenvalue weighted by atomic mass is 35.5. The molecule has 17 heavy (non-hydrogen) atoms. The first-order valence-electron chi connectivity index (χ1n) is 5.82. The zero-order valence-electron chi connectivity index (χ0n) is 10.8. The van der Waals surface area contributed by atoms with Crippen molar-refractivity contribution in [2.45, 2.75) is 39.5 Å². The number of rotatable bonds is 5. The molecule has 0 atom stereocenters. The van der Waals surface area contributed by atoms with Gasteiger partial charge in [0.25, 0.3) is 0 Å². The van der Waals surface area contributed by atoms with E-state index >= 15 is 0 Å². The van der Waals surface area contributed by atoms with Gasteiger partial charge >= 0.3 is 0 Å². The molecule has 1 aromatic carbocycles. The fourth-order valence-corrected chi connectivity index (χ4v) is 2.20. The van der Waals surface area contributed by atoms with Crippen LogP contribution in [0.5, 0.6) is 5.75 Å². The smallest absolute Gasteiger partial charge is 0.125 e. The largest absolute Gasteiger partial charge is 0.496 e. The van der Waals surface area contributed by atoms with Crippen molar-refractivity contribution in [2.24, 2.45) is 0 Å². The number of methoxy groups -OCH3 is 1. The fourth-order valence-electron chi connectivity index (χ4n) is 1.97. The average molecular weight is 255 g/mol. The number of aldehydes is 1. The minimum absolute atomic E-state index is 0.345. The summed E-state index contributed by atoms with van der Waals surface area (Å²) in [7, 11) is 1.67. The first-order valence-corrected chi connectivity index (χ1v) is 6.20. The Kier molecular flexibility index (Phi) is 5.01. The van der Waals surface area contributed by atoms with E-state index in [2.05, 4.69) is 13.8 Å². The van der Waals surface area contributed by atoms with Gasteiger partial charge in [0.2, 0.25) is 0 Å². The molecular weight excluding hydrogens is 236 g/mol. The summed E-state index contributed by atoms with van der Waals surface area (Å²) in [6, 6.07) is 1.96. The molecule has 0 aliphatic heterocycles. The lowest BCUT2D eigenvalue weighted by Gasteiger charge is -2.19. The van der Waals surface area contributed by atoms with Crippen LogP contribution in [0.3, 0.4) is 0 Å². The SMILES string of the molecule is COc1c(C(C)C)cc(Cl)c(C)c1CCC=O. The second-order valence-electron chi connectivity index (χ2n) is 4.44. The lowest BCUT2D eigenvalue weighted by atomic mass is 9.93. The van der Waals surface area contributed by atoms with Crippen LogP contribution >= 0.6 is 11.6 Å². The van der Waals surface area contributed by atoms with Crippen LogP contribution < -0.4 is 4.74 Å². The highest BCUT2D eigenvalue weighted by Crippen LogP contribution is 2.36. The quantitative estimate of drug-likeness (QED) is 0.745. The van der Waals surface area contributed by atoms with Crippen molar-refractivity contribution in [3.05, 3.63) is 27.8 Å². The number of hydrogen-bond acceptors (Lipinski definition) is 2. The molecule has 0 amide bonds. The molecule has 0 aliphatic rings. The van der Waals surface area contributed by atoms with Gasteiger partial charge in [-0.1, -0.05) is 25.4 Å². The summed E-state index contributed by atoms with van der Waals surface area (Å²) in [4.78, 5) is 10.5. The van der Waals surface area contributed by atoms with Gasteiger partial charge in [-0.2, -0.15) is 0 Å². The summed E-state index contributed by atoms with van der Waals surface area (Å²) in [6.07, 6.45) is 2.10. The molecule has 0 fully saturated rings. The normalized spacial score (nSPS) is 10.7. The molecule has 0 unspecified atom stereocenters. The summed E-state index contributed by atoms with van der Waals surface area (Å²) in [5, 5.41) is 0.746. The zero-order valence-corrected chi connectivity index (χ0v) is 11.6. The maximum Gasteiger partial charge on any atom is 0.125 e. The van der Waals surface area contributed by atoms with Gasteiger partial charge in [0, 0.05) is 11.4 Å². The molecule has 1 aromatic rings. The molecule has 0 aliphatic carbocycles. The van der Waals surface area contributed by atoms with Crippen LogP contribution in [-0.2, 0) is 11.2 Å². The predicted octanol–water partition coefficient (Wildman–Crippen LogP) is 3.91. The van der Waals surface area contributed by atoms with Crippen molar-refractivity contribution < 1.29 is 9.53 Å². The Morgan fingerprint density at radius 1 is 1.47 bits per heavy atom. The Morgan fingerprint density at radius 3 is 2.59 bits per heavy atom. The summed E-state index contributed by atoms with van der Waals surface area (Å²) in [6.45, 7) is 6.18. The Labute approximate surface area is 108 Å². The van der Waals surface area contributed by atoms with Gasteiger partial charge in [0.05, 0.1) is 7.11 Å². The number of halogens is 1. The van der Waals surface area contributed by atoms with Crippen molar-refractivity contribution in [3.8, 4) is 5.75 Å². The Hall–Kier alpha value is -1.02. The van der Waals surface area contributed by atoms with E-state index in [4.69, 9.17) is 16.3 Å². The molecule has 0 heterocycles. The number of carbonyl (C=O) groups excluding carboxylic acids is 1. The van der Waals surface area contributed by atoms with E-state index < -0.39 is 0 Å². The lowest BCUT2D eigenvalue weighted by Crippen LogP contribution is -2.03. The third-order valence-electron chi connectivity index (χ3n) is 2.97. The van der Waals surface area contributed by atoms with E-state index in [1.165, 1.54) is 0 Å². The molecule has 0 spiro atoms. The van der Waals surface area contributed by atoms with Gasteiger partial charge in [-0.05, 0) is 42.0 Å². The van der Waals surface area contributed by atoms with Crippen molar-refractivity contribution in [3.63, 3.8) is 0 Å². The first kappa shape index (κ1) is 14.0. The van der Waals surface area contributed by atoms with Crippen molar-refractivity contribution >= 4 is 17.9 Å². The minimum atomic E-state index is 0.345. The third kappa shape index (κ3) is 3.01. The van der Waals surface area contributed by atoms with Crippen LogP contribution in [0.1, 0.15) is 42.9 Å². The maximum atomic E-state index is 10.5. The molecule has 3 heteroatoms. The Morgan fingerprint density at radius 2 is 2.12 bits per heavy atom. The number of benzene rings is 1. The highest BCUT2D eigenvalue weighted by molar-refractivity contribution is 6.31. The second kappa shape index (κ2) is 6.06. The third-order valence-corrected chi connectivity index (χ3v) is 3.36. The molecule has 0 radical (unpaired) electrons. The van der Waals surface area contributed by atoms with Crippen molar-refractivity contribution in [1.82, 2.24) is 0 Å². The van der Waals surface area contributed by atoms with Gasteiger partial charge in [-0.15, -0.1) is 0 Å². The molecule has 2 nitrogen and oxygen atoms in total. The van der Waals surface area contributed by atoms with Crippen molar-refractivity contribution in [2.75, 3.05) is 7.11 Å². The molecule has 0 aromatic heterocycles. The van der Waals surface area contributed by atoms with E-state index in [0.29, 0.717) is 18.8 Å². The second-order valence-corrected chi connectivity index (χ2v) is 4.85. The number of hydrogen-bond donors (Lipinski definition) is 0. The fraction of sp³-hybridized carbons (Fsp3) is 0.500. The predicted molar refractivity (Wildman–Crippen MR) is 71.2 cm³/mol. The average Bonchev–Trinajstić information content (AvgIpc) is 2.30. The monoisotopic (exact) mass is 254 g/mol. The number of carbonyl (C=O) groups is 1. The molecule has 94 valence electrons. The minimum Gasteiger partial charge on any atom is -0.496 e. The topological polar surface area (TPSA) is 26.3 Å².